The highest BCUT2D eigenvalue weighted by atomic mass is 16.3. The number of aromatic nitrogens is 1. The molecule has 0 aliphatic heterocycles. The molecule has 5 heteroatoms. The highest BCUT2D eigenvalue weighted by molar-refractivity contribution is 5.84. The fourth-order valence-corrected chi connectivity index (χ4v) is 5.91. The number of nitrogens with one attached hydrogen (secondary N) is 1. The van der Waals surface area contributed by atoms with Crippen molar-refractivity contribution < 1.29 is 9.90 Å². The van der Waals surface area contributed by atoms with Gasteiger partial charge >= 0.3 is 0 Å². The highest BCUT2D eigenvalue weighted by Crippen LogP contribution is 2.56. The van der Waals surface area contributed by atoms with Crippen LogP contribution in [0, 0.1) is 36.5 Å². The van der Waals surface area contributed by atoms with E-state index in [1.807, 2.05) is 13.0 Å². The second kappa shape index (κ2) is 6.52. The predicted octanol–water partition coefficient (Wildman–Crippen LogP) is 2.10. The van der Waals surface area contributed by atoms with Crippen LogP contribution in [0.4, 0.5) is 0 Å². The summed E-state index contributed by atoms with van der Waals surface area (Å²) in [7, 11) is 0. The molecule has 1 heterocycles. The minimum absolute atomic E-state index is 0.0282. The fourth-order valence-electron chi connectivity index (χ4n) is 5.91. The summed E-state index contributed by atoms with van der Waals surface area (Å²) < 4.78 is 1.40. The molecule has 5 nitrogen and oxygen atoms in total. The lowest BCUT2D eigenvalue weighted by Gasteiger charge is -2.54. The van der Waals surface area contributed by atoms with E-state index < -0.39 is 5.60 Å². The van der Waals surface area contributed by atoms with Crippen molar-refractivity contribution in [3.05, 3.63) is 34.2 Å². The van der Waals surface area contributed by atoms with Gasteiger partial charge < -0.3 is 15.0 Å². The van der Waals surface area contributed by atoms with Crippen LogP contribution in [-0.2, 0) is 11.3 Å². The summed E-state index contributed by atoms with van der Waals surface area (Å²) in [5.41, 5.74) is -0.915. The molecular weight excluding hydrogens is 328 g/mol. The van der Waals surface area contributed by atoms with Gasteiger partial charge in [0.25, 0.3) is 11.5 Å². The largest absolute Gasteiger partial charge is 0.378 e. The number of aliphatic hydroxyl groups is 1. The zero-order chi connectivity index (χ0) is 18.5. The van der Waals surface area contributed by atoms with Gasteiger partial charge in [-0.15, -0.1) is 0 Å². The van der Waals surface area contributed by atoms with E-state index in [0.29, 0.717) is 12.5 Å². The second-order valence-corrected chi connectivity index (χ2v) is 9.25. The molecule has 4 fully saturated rings. The molecule has 142 valence electrons. The summed E-state index contributed by atoms with van der Waals surface area (Å²) in [6, 6.07) is 3.33. The Kier molecular flexibility index (Phi) is 4.46. The first kappa shape index (κ1) is 17.8. The van der Waals surface area contributed by atoms with E-state index in [4.69, 9.17) is 0 Å². The van der Waals surface area contributed by atoms with Crippen LogP contribution < -0.4 is 10.9 Å². The molecule has 1 unspecified atom stereocenters. The van der Waals surface area contributed by atoms with Crippen LogP contribution >= 0.6 is 0 Å². The Labute approximate surface area is 154 Å². The van der Waals surface area contributed by atoms with Crippen molar-refractivity contribution in [1.29, 1.82) is 0 Å². The van der Waals surface area contributed by atoms with Crippen molar-refractivity contribution in [1.82, 2.24) is 9.88 Å². The highest BCUT2D eigenvalue weighted by Gasteiger charge is 2.48. The summed E-state index contributed by atoms with van der Waals surface area (Å²) in [5.74, 6) is 3.51. The number of nitrogens with zero attached hydrogens (tertiary/aromatic N) is 1. The van der Waals surface area contributed by atoms with Gasteiger partial charge in [-0.2, -0.15) is 0 Å². The minimum atomic E-state index is -1.59. The van der Waals surface area contributed by atoms with Gasteiger partial charge in [-0.05, 0) is 87.2 Å². The zero-order valence-electron chi connectivity index (χ0n) is 15.8. The summed E-state index contributed by atoms with van der Waals surface area (Å²) in [6.07, 6.45) is 8.35. The van der Waals surface area contributed by atoms with Gasteiger partial charge in [0.1, 0.15) is 0 Å². The van der Waals surface area contributed by atoms with Gasteiger partial charge in [-0.1, -0.05) is 0 Å². The molecule has 0 saturated heterocycles. The number of pyridine rings is 1. The Bertz CT molecular complexity index is 724. The SMILES string of the molecule is Cc1ccn(CC(C)(O)C(=O)NCC2C3CC4CC(C3)CC2C4)c(=O)c1. The van der Waals surface area contributed by atoms with Gasteiger partial charge in [0.2, 0.25) is 0 Å². The van der Waals surface area contributed by atoms with E-state index in [1.54, 1.807) is 6.20 Å². The molecule has 0 radical (unpaired) electrons. The van der Waals surface area contributed by atoms with Crippen LogP contribution in [0.3, 0.4) is 0 Å². The van der Waals surface area contributed by atoms with Crippen LogP contribution in [-0.4, -0.2) is 27.7 Å². The van der Waals surface area contributed by atoms with Gasteiger partial charge in [0.05, 0.1) is 6.54 Å². The first-order valence-corrected chi connectivity index (χ1v) is 9.99. The minimum Gasteiger partial charge on any atom is -0.378 e. The Balaban J connectivity index is 1.37. The summed E-state index contributed by atoms with van der Waals surface area (Å²) in [6.45, 7) is 3.97. The van der Waals surface area contributed by atoms with Crippen molar-refractivity contribution in [3.63, 3.8) is 0 Å². The van der Waals surface area contributed by atoms with Gasteiger partial charge in [-0.25, -0.2) is 0 Å². The number of rotatable bonds is 5. The maximum Gasteiger partial charge on any atom is 0.253 e. The molecule has 0 spiro atoms. The lowest BCUT2D eigenvalue weighted by atomic mass is 9.52. The predicted molar refractivity (Wildman–Crippen MR) is 99.6 cm³/mol. The molecule has 4 aliphatic carbocycles. The average molecular weight is 358 g/mol. The number of carbonyl (C=O) groups excluding carboxylic acids is 1. The molecule has 2 N–H and O–H groups in total. The van der Waals surface area contributed by atoms with E-state index >= 15 is 0 Å². The third kappa shape index (κ3) is 3.34. The normalized spacial score (nSPS) is 34.5. The zero-order valence-corrected chi connectivity index (χ0v) is 15.8. The monoisotopic (exact) mass is 358 g/mol. The topological polar surface area (TPSA) is 71.3 Å². The van der Waals surface area contributed by atoms with E-state index in [0.717, 1.165) is 29.2 Å². The number of carbonyl (C=O) groups is 1. The molecule has 4 aliphatic rings. The summed E-state index contributed by atoms with van der Waals surface area (Å²) in [4.78, 5) is 24.6. The molecule has 1 aromatic rings. The molecule has 1 atom stereocenters. The first-order valence-electron chi connectivity index (χ1n) is 9.99. The number of amides is 1. The van der Waals surface area contributed by atoms with E-state index in [-0.39, 0.29) is 18.0 Å². The maximum absolute atomic E-state index is 12.6. The Morgan fingerprint density at radius 1 is 1.23 bits per heavy atom. The second-order valence-electron chi connectivity index (χ2n) is 9.25. The third-order valence-corrected chi connectivity index (χ3v) is 7.04. The maximum atomic E-state index is 12.6. The van der Waals surface area contributed by atoms with Gasteiger partial charge in [0.15, 0.2) is 5.60 Å². The molecule has 1 aromatic heterocycles. The van der Waals surface area contributed by atoms with E-state index in [1.165, 1.54) is 49.7 Å². The quantitative estimate of drug-likeness (QED) is 0.847. The van der Waals surface area contributed by atoms with E-state index in [9.17, 15) is 14.7 Å². The van der Waals surface area contributed by atoms with Gasteiger partial charge in [-0.3, -0.25) is 9.59 Å². The Morgan fingerprint density at radius 2 is 1.85 bits per heavy atom. The summed E-state index contributed by atoms with van der Waals surface area (Å²) in [5, 5.41) is 13.6. The number of hydrogen-bond donors (Lipinski definition) is 2. The van der Waals surface area contributed by atoms with Crippen molar-refractivity contribution in [2.45, 2.75) is 58.1 Å². The van der Waals surface area contributed by atoms with Gasteiger partial charge in [0, 0.05) is 18.8 Å². The lowest BCUT2D eigenvalue weighted by Crippen LogP contribution is -2.53. The molecule has 1 amide bonds. The summed E-state index contributed by atoms with van der Waals surface area (Å²) >= 11 is 0. The third-order valence-electron chi connectivity index (χ3n) is 7.04. The lowest BCUT2D eigenvalue weighted by molar-refractivity contribution is -0.140. The molecule has 26 heavy (non-hydrogen) atoms. The molecular formula is C21H30N2O3. The average Bonchev–Trinajstić information content (AvgIpc) is 2.56. The van der Waals surface area contributed by atoms with Crippen molar-refractivity contribution in [2.75, 3.05) is 6.54 Å². The van der Waals surface area contributed by atoms with Crippen LogP contribution in [0.5, 0.6) is 0 Å². The fraction of sp³-hybridized carbons (Fsp3) is 0.714. The van der Waals surface area contributed by atoms with Crippen LogP contribution in [0.1, 0.15) is 44.6 Å². The standard InChI is InChI=1S/C21H30N2O3/c1-13-3-4-23(19(24)5-13)12-21(2,26)20(25)22-11-18-16-7-14-6-15(9-16)10-17(18)8-14/h3-5,14-18,26H,6-12H2,1-2H3,(H,22,25). The Morgan fingerprint density at radius 3 is 2.42 bits per heavy atom. The first-order chi connectivity index (χ1) is 12.3. The molecule has 4 saturated carbocycles. The van der Waals surface area contributed by atoms with E-state index in [2.05, 4.69) is 5.32 Å². The molecule has 4 bridgehead atoms. The van der Waals surface area contributed by atoms with Crippen molar-refractivity contribution in [3.8, 4) is 0 Å². The molecule has 5 rings (SSSR count). The van der Waals surface area contributed by atoms with Crippen LogP contribution in [0.2, 0.25) is 0 Å². The van der Waals surface area contributed by atoms with Crippen molar-refractivity contribution >= 4 is 5.91 Å². The van der Waals surface area contributed by atoms with Crippen molar-refractivity contribution in [2.24, 2.45) is 29.6 Å². The van der Waals surface area contributed by atoms with Crippen LogP contribution in [0.25, 0.3) is 0 Å². The Hall–Kier alpha value is -1.62. The van der Waals surface area contributed by atoms with Crippen LogP contribution in [0.15, 0.2) is 23.1 Å². The smallest absolute Gasteiger partial charge is 0.253 e. The number of hydrogen-bond acceptors (Lipinski definition) is 3. The molecule has 0 aromatic carbocycles. The number of aryl methyl sites for hydroxylation is 1.